The minimum absolute atomic E-state index is 0.0627. The number of nitrogens with zero attached hydrogens (tertiary/aromatic N) is 2. The molecule has 2 amide bonds. The molecule has 1 N–H and O–H groups in total. The van der Waals surface area contributed by atoms with E-state index in [-0.39, 0.29) is 35.4 Å². The Balaban J connectivity index is 1.76. The van der Waals surface area contributed by atoms with Crippen LogP contribution < -0.4 is 5.32 Å². The summed E-state index contributed by atoms with van der Waals surface area (Å²) in [6.07, 6.45) is 0. The van der Waals surface area contributed by atoms with Crippen LogP contribution in [-0.2, 0) is 14.8 Å². The Morgan fingerprint density at radius 2 is 1.63 bits per heavy atom. The highest BCUT2D eigenvalue weighted by Gasteiger charge is 2.29. The predicted octanol–water partition coefficient (Wildman–Crippen LogP) is 2.92. The highest BCUT2D eigenvalue weighted by Crippen LogP contribution is 2.21. The number of rotatable bonds is 5. The Labute approximate surface area is 177 Å². The average Bonchev–Trinajstić information content (AvgIpc) is 2.74. The van der Waals surface area contributed by atoms with Crippen molar-refractivity contribution in [2.24, 2.45) is 0 Å². The van der Waals surface area contributed by atoms with E-state index in [1.54, 1.807) is 23.1 Å². The molecule has 0 aromatic heterocycles. The predicted molar refractivity (Wildman–Crippen MR) is 116 cm³/mol. The molecule has 1 saturated heterocycles. The molecule has 0 atom stereocenters. The van der Waals surface area contributed by atoms with E-state index in [4.69, 9.17) is 0 Å². The maximum atomic E-state index is 13.0. The molecule has 1 aliphatic rings. The minimum atomic E-state index is -3.74. The van der Waals surface area contributed by atoms with Crippen molar-refractivity contribution in [1.29, 1.82) is 0 Å². The van der Waals surface area contributed by atoms with Gasteiger partial charge in [0.25, 0.3) is 5.91 Å². The number of hydrogen-bond donors (Lipinski definition) is 1. The maximum absolute atomic E-state index is 13.0. The number of hydrogen-bond acceptors (Lipinski definition) is 4. The van der Waals surface area contributed by atoms with Gasteiger partial charge in [0.15, 0.2) is 0 Å². The summed E-state index contributed by atoms with van der Waals surface area (Å²) < 4.78 is 27.4. The first kappa shape index (κ1) is 22.0. The van der Waals surface area contributed by atoms with Crippen LogP contribution in [0, 0.1) is 0 Å². The molecule has 7 nitrogen and oxygen atoms in total. The maximum Gasteiger partial charge on any atom is 0.255 e. The zero-order chi connectivity index (χ0) is 21.9. The molecule has 1 aliphatic heterocycles. The van der Waals surface area contributed by atoms with E-state index in [1.807, 2.05) is 18.2 Å². The molecule has 160 valence electrons. The van der Waals surface area contributed by atoms with Gasteiger partial charge in [0.2, 0.25) is 15.9 Å². The molecule has 1 fully saturated rings. The third-order valence-corrected chi connectivity index (χ3v) is 7.12. The number of amides is 2. The van der Waals surface area contributed by atoms with Crippen molar-refractivity contribution in [2.75, 3.05) is 31.5 Å². The molecular weight excluding hydrogens is 402 g/mol. The number of carbonyl (C=O) groups is 2. The van der Waals surface area contributed by atoms with Crippen molar-refractivity contribution in [2.45, 2.75) is 31.6 Å². The van der Waals surface area contributed by atoms with Gasteiger partial charge in [-0.25, -0.2) is 8.42 Å². The SMILES string of the molecule is CC(=O)N1CCN(S(=O)(=O)c2cccc(C(=O)Nc3cccc(C(C)C)c3)c2)CC1. The number of benzene rings is 2. The zero-order valence-corrected chi connectivity index (χ0v) is 18.3. The van der Waals surface area contributed by atoms with Crippen LogP contribution in [0.2, 0.25) is 0 Å². The molecule has 3 rings (SSSR count). The van der Waals surface area contributed by atoms with Crippen LogP contribution in [0.25, 0.3) is 0 Å². The molecule has 0 spiro atoms. The lowest BCUT2D eigenvalue weighted by atomic mass is 10.0. The molecule has 30 heavy (non-hydrogen) atoms. The van der Waals surface area contributed by atoms with Gasteiger partial charge < -0.3 is 10.2 Å². The first-order chi connectivity index (χ1) is 14.2. The molecule has 0 bridgehead atoms. The number of sulfonamides is 1. The zero-order valence-electron chi connectivity index (χ0n) is 17.5. The molecule has 8 heteroatoms. The lowest BCUT2D eigenvalue weighted by Gasteiger charge is -2.33. The van der Waals surface area contributed by atoms with E-state index in [9.17, 15) is 18.0 Å². The Morgan fingerprint density at radius 3 is 2.27 bits per heavy atom. The van der Waals surface area contributed by atoms with E-state index in [1.165, 1.54) is 23.4 Å². The highest BCUT2D eigenvalue weighted by atomic mass is 32.2. The van der Waals surface area contributed by atoms with Crippen LogP contribution >= 0.6 is 0 Å². The standard InChI is InChI=1S/C22H27N3O4S/c1-16(2)18-6-4-8-20(14-18)23-22(27)19-7-5-9-21(15-19)30(28,29)25-12-10-24(11-13-25)17(3)26/h4-9,14-16H,10-13H2,1-3H3,(H,23,27). The van der Waals surface area contributed by atoms with Crippen molar-refractivity contribution in [3.63, 3.8) is 0 Å². The molecular formula is C22H27N3O4S. The van der Waals surface area contributed by atoms with Crippen LogP contribution in [0.1, 0.15) is 42.6 Å². The van der Waals surface area contributed by atoms with Crippen molar-refractivity contribution < 1.29 is 18.0 Å². The van der Waals surface area contributed by atoms with Gasteiger partial charge in [-0.3, -0.25) is 9.59 Å². The van der Waals surface area contributed by atoms with Gasteiger partial charge in [0.1, 0.15) is 0 Å². The van der Waals surface area contributed by atoms with E-state index < -0.39 is 10.0 Å². The fourth-order valence-corrected chi connectivity index (χ4v) is 4.84. The van der Waals surface area contributed by atoms with Gasteiger partial charge in [-0.15, -0.1) is 0 Å². The van der Waals surface area contributed by atoms with Gasteiger partial charge in [0, 0.05) is 44.4 Å². The largest absolute Gasteiger partial charge is 0.340 e. The fourth-order valence-electron chi connectivity index (χ4n) is 3.37. The van der Waals surface area contributed by atoms with Crippen molar-refractivity contribution in [3.05, 3.63) is 59.7 Å². The lowest BCUT2D eigenvalue weighted by molar-refractivity contribution is -0.129. The molecule has 0 aliphatic carbocycles. The molecule has 2 aromatic carbocycles. The topological polar surface area (TPSA) is 86.8 Å². The van der Waals surface area contributed by atoms with Gasteiger partial charge in [-0.05, 0) is 41.8 Å². The summed E-state index contributed by atoms with van der Waals surface area (Å²) in [6.45, 7) is 6.82. The Bertz CT molecular complexity index is 1040. The van der Waals surface area contributed by atoms with Gasteiger partial charge in [-0.1, -0.05) is 32.0 Å². The molecule has 0 unspecified atom stereocenters. The van der Waals surface area contributed by atoms with Gasteiger partial charge >= 0.3 is 0 Å². The molecule has 0 radical (unpaired) electrons. The molecule has 1 heterocycles. The Hall–Kier alpha value is -2.71. The number of carbonyl (C=O) groups excluding carboxylic acids is 2. The summed E-state index contributed by atoms with van der Waals surface area (Å²) >= 11 is 0. The van der Waals surface area contributed by atoms with Crippen LogP contribution in [-0.4, -0.2) is 55.6 Å². The lowest BCUT2D eigenvalue weighted by Crippen LogP contribution is -2.49. The first-order valence-electron chi connectivity index (χ1n) is 9.95. The van der Waals surface area contributed by atoms with Crippen LogP contribution in [0.4, 0.5) is 5.69 Å². The highest BCUT2D eigenvalue weighted by molar-refractivity contribution is 7.89. The van der Waals surface area contributed by atoms with Gasteiger partial charge in [-0.2, -0.15) is 4.31 Å². The molecule has 0 saturated carbocycles. The van der Waals surface area contributed by atoms with Crippen LogP contribution in [0.15, 0.2) is 53.4 Å². The van der Waals surface area contributed by atoms with E-state index in [0.29, 0.717) is 24.7 Å². The summed E-state index contributed by atoms with van der Waals surface area (Å²) in [7, 11) is -3.74. The van der Waals surface area contributed by atoms with E-state index >= 15 is 0 Å². The summed E-state index contributed by atoms with van der Waals surface area (Å²) in [6, 6.07) is 13.6. The Kier molecular flexibility index (Phi) is 6.58. The number of piperazine rings is 1. The van der Waals surface area contributed by atoms with E-state index in [0.717, 1.165) is 5.56 Å². The average molecular weight is 430 g/mol. The van der Waals surface area contributed by atoms with Gasteiger partial charge in [0.05, 0.1) is 4.90 Å². The minimum Gasteiger partial charge on any atom is -0.340 e. The summed E-state index contributed by atoms with van der Waals surface area (Å²) in [4.78, 5) is 25.9. The quantitative estimate of drug-likeness (QED) is 0.792. The second-order valence-electron chi connectivity index (χ2n) is 7.67. The summed E-state index contributed by atoms with van der Waals surface area (Å²) in [5.74, 6) is -0.0969. The van der Waals surface area contributed by atoms with Crippen molar-refractivity contribution in [3.8, 4) is 0 Å². The second-order valence-corrected chi connectivity index (χ2v) is 9.61. The normalized spacial score (nSPS) is 15.3. The summed E-state index contributed by atoms with van der Waals surface area (Å²) in [5, 5.41) is 2.84. The third-order valence-electron chi connectivity index (χ3n) is 5.23. The van der Waals surface area contributed by atoms with Crippen LogP contribution in [0.3, 0.4) is 0 Å². The van der Waals surface area contributed by atoms with Crippen molar-refractivity contribution >= 4 is 27.5 Å². The first-order valence-corrected chi connectivity index (χ1v) is 11.4. The third kappa shape index (κ3) is 4.88. The Morgan fingerprint density at radius 1 is 0.967 bits per heavy atom. The number of nitrogens with one attached hydrogen (secondary N) is 1. The smallest absolute Gasteiger partial charge is 0.255 e. The second kappa shape index (κ2) is 8.97. The van der Waals surface area contributed by atoms with Crippen LogP contribution in [0.5, 0.6) is 0 Å². The number of anilines is 1. The van der Waals surface area contributed by atoms with E-state index in [2.05, 4.69) is 19.2 Å². The summed E-state index contributed by atoms with van der Waals surface area (Å²) in [5.41, 5.74) is 2.04. The fraction of sp³-hybridized carbons (Fsp3) is 0.364. The monoisotopic (exact) mass is 429 g/mol. The van der Waals surface area contributed by atoms with Crippen molar-refractivity contribution in [1.82, 2.24) is 9.21 Å². The molecule has 2 aromatic rings.